The third-order valence-corrected chi connectivity index (χ3v) is 3.33. The highest BCUT2D eigenvalue weighted by Crippen LogP contribution is 2.18. The Hall–Kier alpha value is -1.95. The molecule has 1 amide bonds. The molecule has 1 aromatic carbocycles. The van der Waals surface area contributed by atoms with Gasteiger partial charge < -0.3 is 5.73 Å². The van der Waals surface area contributed by atoms with Gasteiger partial charge in [-0.05, 0) is 18.2 Å². The zero-order chi connectivity index (χ0) is 12.6. The van der Waals surface area contributed by atoms with E-state index >= 15 is 0 Å². The van der Waals surface area contributed by atoms with Crippen molar-refractivity contribution in [3.05, 3.63) is 35.9 Å². The van der Waals surface area contributed by atoms with Crippen LogP contribution in [0.25, 0.3) is 10.9 Å². The van der Waals surface area contributed by atoms with Gasteiger partial charge in [0.05, 0.1) is 11.1 Å². The molecule has 5 nitrogen and oxygen atoms in total. The maximum Gasteiger partial charge on any atom is 0.250 e. The Balaban J connectivity index is 2.84. The van der Waals surface area contributed by atoms with Crippen molar-refractivity contribution in [1.82, 2.24) is 4.98 Å². The molecule has 0 aliphatic carbocycles. The number of nitrogens with two attached hydrogens (primary N) is 1. The van der Waals surface area contributed by atoms with E-state index in [-0.39, 0.29) is 10.6 Å². The third kappa shape index (κ3) is 2.12. The van der Waals surface area contributed by atoms with Crippen molar-refractivity contribution >= 4 is 26.6 Å². The quantitative estimate of drug-likeness (QED) is 0.851. The highest BCUT2D eigenvalue weighted by atomic mass is 32.2. The van der Waals surface area contributed by atoms with Crippen LogP contribution in [-0.2, 0) is 9.84 Å². The van der Waals surface area contributed by atoms with Crippen LogP contribution in [0.15, 0.2) is 35.4 Å². The monoisotopic (exact) mass is 250 g/mol. The fourth-order valence-electron chi connectivity index (χ4n) is 1.53. The molecule has 2 aromatic rings. The van der Waals surface area contributed by atoms with Crippen LogP contribution in [0.2, 0.25) is 0 Å². The molecule has 0 atom stereocenters. The van der Waals surface area contributed by atoms with E-state index in [2.05, 4.69) is 4.98 Å². The van der Waals surface area contributed by atoms with Gasteiger partial charge in [-0.25, -0.2) is 13.4 Å². The van der Waals surface area contributed by atoms with Crippen LogP contribution in [0.4, 0.5) is 0 Å². The largest absolute Gasteiger partial charge is 0.366 e. The summed E-state index contributed by atoms with van der Waals surface area (Å²) in [6.07, 6.45) is 1.06. The molecule has 17 heavy (non-hydrogen) atoms. The number of nitrogens with zero attached hydrogens (tertiary/aromatic N) is 1. The normalized spacial score (nSPS) is 11.6. The van der Waals surface area contributed by atoms with Crippen molar-refractivity contribution in [2.75, 3.05) is 6.26 Å². The molecule has 0 fully saturated rings. The lowest BCUT2D eigenvalue weighted by Crippen LogP contribution is -2.12. The second-order valence-electron chi connectivity index (χ2n) is 3.66. The van der Waals surface area contributed by atoms with Gasteiger partial charge in [0, 0.05) is 11.6 Å². The molecule has 0 saturated heterocycles. The number of benzene rings is 1. The molecule has 6 heteroatoms. The molecule has 88 valence electrons. The van der Waals surface area contributed by atoms with E-state index in [1.165, 1.54) is 12.1 Å². The lowest BCUT2D eigenvalue weighted by atomic mass is 10.1. The molecule has 2 N–H and O–H groups in total. The first-order valence-corrected chi connectivity index (χ1v) is 6.68. The molecule has 0 spiro atoms. The lowest BCUT2D eigenvalue weighted by molar-refractivity contribution is 0.100. The number of aromatic nitrogens is 1. The summed E-state index contributed by atoms with van der Waals surface area (Å²) in [5.74, 6) is -0.631. The number of primary amides is 1. The zero-order valence-electron chi connectivity index (χ0n) is 9.04. The van der Waals surface area contributed by atoms with Gasteiger partial charge in [0.2, 0.25) is 0 Å². The molecule has 1 aromatic heterocycles. The van der Waals surface area contributed by atoms with Gasteiger partial charge in [0.15, 0.2) is 14.9 Å². The summed E-state index contributed by atoms with van der Waals surface area (Å²) < 4.78 is 22.8. The molecule has 1 heterocycles. The van der Waals surface area contributed by atoms with Crippen LogP contribution < -0.4 is 5.73 Å². The second-order valence-corrected chi connectivity index (χ2v) is 5.63. The number of carbonyl (C=O) groups excluding carboxylic acids is 1. The standard InChI is InChI=1S/C11H10N2O3S/c1-17(15,16)9-6-5-7-3-2-4-8(11(12)14)10(7)13-9/h2-6H,1H3,(H2,12,14). The number of para-hydroxylation sites is 1. The van der Waals surface area contributed by atoms with E-state index in [4.69, 9.17) is 5.73 Å². The molecular formula is C11H10N2O3S. The van der Waals surface area contributed by atoms with Crippen molar-refractivity contribution in [1.29, 1.82) is 0 Å². The Morgan fingerprint density at radius 2 is 1.94 bits per heavy atom. The topological polar surface area (TPSA) is 90.1 Å². The molecular weight excluding hydrogens is 240 g/mol. The molecule has 0 saturated carbocycles. The average Bonchev–Trinajstić information content (AvgIpc) is 2.26. The predicted octanol–water partition coefficient (Wildman–Crippen LogP) is 0.737. The fraction of sp³-hybridized carbons (Fsp3) is 0.0909. The number of hydrogen-bond acceptors (Lipinski definition) is 4. The van der Waals surface area contributed by atoms with Gasteiger partial charge in [-0.15, -0.1) is 0 Å². The van der Waals surface area contributed by atoms with Crippen molar-refractivity contribution in [3.63, 3.8) is 0 Å². The summed E-state index contributed by atoms with van der Waals surface area (Å²) >= 11 is 0. The van der Waals surface area contributed by atoms with E-state index in [0.29, 0.717) is 10.9 Å². The summed E-state index contributed by atoms with van der Waals surface area (Å²) in [7, 11) is -3.40. The van der Waals surface area contributed by atoms with Gasteiger partial charge in [0.25, 0.3) is 5.91 Å². The minimum atomic E-state index is -3.40. The van der Waals surface area contributed by atoms with Gasteiger partial charge in [-0.3, -0.25) is 4.79 Å². The van der Waals surface area contributed by atoms with Gasteiger partial charge in [-0.2, -0.15) is 0 Å². The van der Waals surface area contributed by atoms with Crippen LogP contribution in [0.5, 0.6) is 0 Å². The first kappa shape index (κ1) is 11.5. The second kappa shape index (κ2) is 3.81. The minimum absolute atomic E-state index is 0.0706. The van der Waals surface area contributed by atoms with Crippen molar-refractivity contribution in [2.24, 2.45) is 5.73 Å². The molecule has 0 bridgehead atoms. The summed E-state index contributed by atoms with van der Waals surface area (Å²) in [6, 6.07) is 7.93. The number of pyridine rings is 1. The summed E-state index contributed by atoms with van der Waals surface area (Å²) in [4.78, 5) is 15.2. The first-order chi connectivity index (χ1) is 7.89. The fourth-order valence-corrected chi connectivity index (χ4v) is 2.11. The SMILES string of the molecule is CS(=O)(=O)c1ccc2cccc(C(N)=O)c2n1. The van der Waals surface area contributed by atoms with Crippen LogP contribution in [-0.4, -0.2) is 25.6 Å². The molecule has 0 radical (unpaired) electrons. The van der Waals surface area contributed by atoms with Gasteiger partial charge in [-0.1, -0.05) is 12.1 Å². The Kier molecular flexibility index (Phi) is 2.59. The number of amides is 1. The number of carbonyl (C=O) groups is 1. The Morgan fingerprint density at radius 1 is 1.24 bits per heavy atom. The van der Waals surface area contributed by atoms with Crippen molar-refractivity contribution in [3.8, 4) is 0 Å². The maximum atomic E-state index is 11.4. The Labute approximate surface area is 98.2 Å². The van der Waals surface area contributed by atoms with E-state index < -0.39 is 15.7 Å². The minimum Gasteiger partial charge on any atom is -0.366 e. The van der Waals surface area contributed by atoms with Crippen LogP contribution in [0.1, 0.15) is 10.4 Å². The van der Waals surface area contributed by atoms with Gasteiger partial charge >= 0.3 is 0 Å². The molecule has 0 aliphatic rings. The summed E-state index contributed by atoms with van der Waals surface area (Å²) in [5.41, 5.74) is 5.73. The van der Waals surface area contributed by atoms with Crippen molar-refractivity contribution in [2.45, 2.75) is 5.03 Å². The molecule has 2 rings (SSSR count). The van der Waals surface area contributed by atoms with E-state index in [1.807, 2.05) is 0 Å². The van der Waals surface area contributed by atoms with Crippen LogP contribution >= 0.6 is 0 Å². The summed E-state index contributed by atoms with van der Waals surface area (Å²) in [6.45, 7) is 0. The van der Waals surface area contributed by atoms with E-state index in [0.717, 1.165) is 6.26 Å². The first-order valence-electron chi connectivity index (χ1n) is 4.79. The maximum absolute atomic E-state index is 11.4. The number of rotatable bonds is 2. The number of sulfone groups is 1. The smallest absolute Gasteiger partial charge is 0.250 e. The lowest BCUT2D eigenvalue weighted by Gasteiger charge is -2.04. The van der Waals surface area contributed by atoms with Crippen LogP contribution in [0, 0.1) is 0 Å². The average molecular weight is 250 g/mol. The summed E-state index contributed by atoms with van der Waals surface area (Å²) in [5, 5.41) is 0.604. The van der Waals surface area contributed by atoms with Crippen LogP contribution in [0.3, 0.4) is 0 Å². The number of fused-ring (bicyclic) bond motifs is 1. The molecule has 0 unspecified atom stereocenters. The predicted molar refractivity (Wildman–Crippen MR) is 63.4 cm³/mol. The van der Waals surface area contributed by atoms with E-state index in [9.17, 15) is 13.2 Å². The Morgan fingerprint density at radius 3 is 2.53 bits per heavy atom. The van der Waals surface area contributed by atoms with Crippen molar-refractivity contribution < 1.29 is 13.2 Å². The Bertz CT molecular complexity index is 708. The highest BCUT2D eigenvalue weighted by molar-refractivity contribution is 7.90. The van der Waals surface area contributed by atoms with E-state index in [1.54, 1.807) is 18.2 Å². The highest BCUT2D eigenvalue weighted by Gasteiger charge is 2.13. The zero-order valence-corrected chi connectivity index (χ0v) is 9.86. The molecule has 0 aliphatic heterocycles. The van der Waals surface area contributed by atoms with Gasteiger partial charge in [0.1, 0.15) is 0 Å². The number of hydrogen-bond donors (Lipinski definition) is 1. The third-order valence-electron chi connectivity index (χ3n) is 2.34.